The van der Waals surface area contributed by atoms with E-state index in [4.69, 9.17) is 0 Å². The van der Waals surface area contributed by atoms with Gasteiger partial charge in [0.1, 0.15) is 24.4 Å². The molecule has 0 aromatic carbocycles. The molecule has 0 aromatic rings. The number of aliphatic hydroxyl groups is 8. The molecule has 0 heterocycles. The highest BCUT2D eigenvalue weighted by Gasteiger charge is 2.59. The van der Waals surface area contributed by atoms with Crippen molar-refractivity contribution in [2.75, 3.05) is 0 Å². The second kappa shape index (κ2) is 4.66. The monoisotopic (exact) mass is 266 g/mol. The Morgan fingerprint density at radius 1 is 0.278 bits per heavy atom. The van der Waals surface area contributed by atoms with E-state index in [9.17, 15) is 40.9 Å². The van der Waals surface area contributed by atoms with Gasteiger partial charge in [-0.2, -0.15) is 0 Å². The highest BCUT2D eigenvalue weighted by atomic mass is 16.4. The smallest absolute Gasteiger partial charge is 0.109 e. The normalized spacial score (nSPS) is 61.3. The molecule has 0 saturated heterocycles. The summed E-state index contributed by atoms with van der Waals surface area (Å²) in [6, 6.07) is 0. The molecule has 0 radical (unpaired) electrons. The van der Waals surface area contributed by atoms with Crippen LogP contribution in [0.4, 0.5) is 0 Å². The Hall–Kier alpha value is -0.320. The Morgan fingerprint density at radius 3 is 0.611 bits per heavy atom. The van der Waals surface area contributed by atoms with Crippen LogP contribution in [0, 0.1) is 11.8 Å². The Bertz CT molecular complexity index is 254. The van der Waals surface area contributed by atoms with Gasteiger partial charge in [0.2, 0.25) is 0 Å². The molecule has 0 aromatic heterocycles. The summed E-state index contributed by atoms with van der Waals surface area (Å²) in [7, 11) is 0. The fraction of sp³-hybridized carbons (Fsp3) is 1.00. The van der Waals surface area contributed by atoms with Crippen LogP contribution >= 0.6 is 0 Å². The fourth-order valence-corrected chi connectivity index (χ4v) is 3.03. The first kappa shape index (κ1) is 14.1. The Balaban J connectivity index is 2.36. The van der Waals surface area contributed by atoms with Crippen molar-refractivity contribution >= 4 is 0 Å². The number of aliphatic hydroxyl groups excluding tert-OH is 8. The van der Waals surface area contributed by atoms with Gasteiger partial charge in [0.15, 0.2) is 0 Å². The molecule has 2 aliphatic carbocycles. The lowest BCUT2D eigenvalue weighted by Crippen LogP contribution is -2.71. The average molecular weight is 266 g/mol. The zero-order valence-corrected chi connectivity index (χ0v) is 9.35. The minimum absolute atomic E-state index is 1.24. The third-order valence-corrected chi connectivity index (χ3v) is 4.12. The summed E-state index contributed by atoms with van der Waals surface area (Å²) in [6.07, 6.45) is -13.3. The van der Waals surface area contributed by atoms with E-state index in [-0.39, 0.29) is 0 Å². The van der Waals surface area contributed by atoms with Crippen molar-refractivity contribution in [1.82, 2.24) is 0 Å². The summed E-state index contributed by atoms with van der Waals surface area (Å²) in [4.78, 5) is 0. The van der Waals surface area contributed by atoms with Crippen LogP contribution in [0.2, 0.25) is 0 Å². The van der Waals surface area contributed by atoms with E-state index in [2.05, 4.69) is 0 Å². The molecule has 8 unspecified atom stereocenters. The molecule has 2 fully saturated rings. The lowest BCUT2D eigenvalue weighted by Gasteiger charge is -2.52. The third-order valence-electron chi connectivity index (χ3n) is 4.12. The summed E-state index contributed by atoms with van der Waals surface area (Å²) in [6.45, 7) is 0. The first-order chi connectivity index (χ1) is 8.29. The highest BCUT2D eigenvalue weighted by Crippen LogP contribution is 2.41. The van der Waals surface area contributed by atoms with Crippen molar-refractivity contribution in [3.63, 3.8) is 0 Å². The van der Waals surface area contributed by atoms with Crippen LogP contribution in [0.1, 0.15) is 0 Å². The molecule has 8 N–H and O–H groups in total. The highest BCUT2D eigenvalue weighted by molar-refractivity contribution is 5.09. The van der Waals surface area contributed by atoms with Gasteiger partial charge >= 0.3 is 0 Å². The van der Waals surface area contributed by atoms with Crippen molar-refractivity contribution in [2.45, 2.75) is 48.8 Å². The lowest BCUT2D eigenvalue weighted by atomic mass is 9.62. The minimum atomic E-state index is -1.70. The van der Waals surface area contributed by atoms with Crippen LogP contribution in [-0.2, 0) is 0 Å². The Kier molecular flexibility index (Phi) is 3.65. The summed E-state index contributed by atoms with van der Waals surface area (Å²) in [5, 5.41) is 77.1. The zero-order chi connectivity index (χ0) is 13.8. The summed E-state index contributed by atoms with van der Waals surface area (Å²) >= 11 is 0. The largest absolute Gasteiger partial charge is 0.390 e. The number of hydrogen-bond donors (Lipinski definition) is 8. The lowest BCUT2D eigenvalue weighted by molar-refractivity contribution is -0.271. The fourth-order valence-electron chi connectivity index (χ4n) is 3.03. The quantitative estimate of drug-likeness (QED) is 0.216. The maximum absolute atomic E-state index is 9.77. The van der Waals surface area contributed by atoms with E-state index in [1.54, 1.807) is 0 Å². The second-order valence-electron chi connectivity index (χ2n) is 5.08. The number of fused-ring (bicyclic) bond motifs is 1. The Morgan fingerprint density at radius 2 is 0.444 bits per heavy atom. The van der Waals surface area contributed by atoms with Gasteiger partial charge in [-0.3, -0.25) is 0 Å². The standard InChI is InChI=1S/C10H18O8/c11-3-1-2(5(13)9(17)7(3)15)6(14)10(18)8(16)4(1)12/h1-18H. The van der Waals surface area contributed by atoms with E-state index >= 15 is 0 Å². The van der Waals surface area contributed by atoms with Gasteiger partial charge < -0.3 is 40.9 Å². The van der Waals surface area contributed by atoms with E-state index in [0.29, 0.717) is 0 Å². The van der Waals surface area contributed by atoms with Gasteiger partial charge in [0.05, 0.1) is 24.4 Å². The molecule has 8 atom stereocenters. The van der Waals surface area contributed by atoms with E-state index in [0.717, 1.165) is 0 Å². The van der Waals surface area contributed by atoms with Crippen LogP contribution in [0.25, 0.3) is 0 Å². The Labute approximate surface area is 102 Å². The third kappa shape index (κ3) is 1.77. The van der Waals surface area contributed by atoms with Crippen LogP contribution in [0.5, 0.6) is 0 Å². The summed E-state index contributed by atoms with van der Waals surface area (Å²) < 4.78 is 0. The van der Waals surface area contributed by atoms with Gasteiger partial charge in [-0.05, 0) is 0 Å². The predicted octanol–water partition coefficient (Wildman–Crippen LogP) is -4.87. The van der Waals surface area contributed by atoms with E-state index in [1.165, 1.54) is 0 Å². The molecule has 2 aliphatic rings. The average Bonchev–Trinajstić information content (AvgIpc) is 2.35. The molecule has 0 aliphatic heterocycles. The van der Waals surface area contributed by atoms with Gasteiger partial charge in [0, 0.05) is 11.8 Å². The minimum Gasteiger partial charge on any atom is -0.390 e. The molecule has 106 valence electrons. The van der Waals surface area contributed by atoms with Crippen molar-refractivity contribution in [3.05, 3.63) is 0 Å². The van der Waals surface area contributed by atoms with E-state index in [1.807, 2.05) is 0 Å². The molecule has 18 heavy (non-hydrogen) atoms. The van der Waals surface area contributed by atoms with Crippen LogP contribution in [-0.4, -0.2) is 89.7 Å². The second-order valence-corrected chi connectivity index (χ2v) is 5.08. The van der Waals surface area contributed by atoms with Crippen LogP contribution < -0.4 is 0 Å². The molecule has 8 heteroatoms. The van der Waals surface area contributed by atoms with Gasteiger partial charge in [-0.15, -0.1) is 0 Å². The van der Waals surface area contributed by atoms with Crippen molar-refractivity contribution in [2.24, 2.45) is 11.8 Å². The first-order valence-corrected chi connectivity index (χ1v) is 5.73. The maximum Gasteiger partial charge on any atom is 0.109 e. The molecule has 8 nitrogen and oxygen atoms in total. The molecule has 0 amide bonds. The van der Waals surface area contributed by atoms with Gasteiger partial charge in [0.25, 0.3) is 0 Å². The van der Waals surface area contributed by atoms with Crippen LogP contribution in [0.15, 0.2) is 0 Å². The molecule has 2 saturated carbocycles. The van der Waals surface area contributed by atoms with Crippen molar-refractivity contribution < 1.29 is 40.9 Å². The summed E-state index contributed by atoms with van der Waals surface area (Å²) in [5.74, 6) is -2.49. The van der Waals surface area contributed by atoms with Gasteiger partial charge in [-0.1, -0.05) is 0 Å². The topological polar surface area (TPSA) is 162 Å². The van der Waals surface area contributed by atoms with Gasteiger partial charge in [-0.25, -0.2) is 0 Å². The predicted molar refractivity (Wildman–Crippen MR) is 55.0 cm³/mol. The molecule has 0 spiro atoms. The van der Waals surface area contributed by atoms with Crippen LogP contribution in [0.3, 0.4) is 0 Å². The maximum atomic E-state index is 9.77. The molecular weight excluding hydrogens is 248 g/mol. The SMILES string of the molecule is OC1C(O)C(O)C2C(O)C(O)C(O)C(O)C2C1O. The van der Waals surface area contributed by atoms with E-state index < -0.39 is 60.7 Å². The summed E-state index contributed by atoms with van der Waals surface area (Å²) in [5.41, 5.74) is 0. The zero-order valence-electron chi connectivity index (χ0n) is 9.35. The number of hydrogen-bond acceptors (Lipinski definition) is 8. The molecule has 0 bridgehead atoms. The molecule has 2 rings (SSSR count). The van der Waals surface area contributed by atoms with Crippen molar-refractivity contribution in [1.29, 1.82) is 0 Å². The number of rotatable bonds is 0. The molecular formula is C10H18O8. The van der Waals surface area contributed by atoms with Crippen molar-refractivity contribution in [3.8, 4) is 0 Å². The first-order valence-electron chi connectivity index (χ1n) is 5.73.